The summed E-state index contributed by atoms with van der Waals surface area (Å²) in [4.78, 5) is 0. The van der Waals surface area contributed by atoms with Crippen molar-refractivity contribution in [3.05, 3.63) is 65.7 Å². The Morgan fingerprint density at radius 2 is 1.56 bits per heavy atom. The molecule has 2 rings (SSSR count). The van der Waals surface area contributed by atoms with Crippen LogP contribution in [0.5, 0.6) is 5.75 Å². The lowest BCUT2D eigenvalue weighted by Crippen LogP contribution is -1.95. The van der Waals surface area contributed by atoms with E-state index in [1.807, 2.05) is 54.6 Å². The van der Waals surface area contributed by atoms with Crippen molar-refractivity contribution >= 4 is 0 Å². The van der Waals surface area contributed by atoms with Crippen LogP contribution < -0.4 is 4.74 Å². The van der Waals surface area contributed by atoms with Crippen molar-refractivity contribution in [1.82, 2.24) is 0 Å². The van der Waals surface area contributed by atoms with Crippen molar-refractivity contribution in [2.24, 2.45) is 0 Å². The van der Waals surface area contributed by atoms with Gasteiger partial charge in [0.25, 0.3) is 0 Å². The van der Waals surface area contributed by atoms with Gasteiger partial charge < -0.3 is 4.74 Å². The zero-order chi connectivity index (χ0) is 12.6. The SMILES string of the molecule is FCCCc1ccc(OCc2ccccc2)cc1. The number of halogens is 1. The first-order chi connectivity index (χ1) is 8.88. The molecular weight excluding hydrogens is 227 g/mol. The van der Waals surface area contributed by atoms with Crippen LogP contribution in [0.3, 0.4) is 0 Å². The molecule has 0 atom stereocenters. The lowest BCUT2D eigenvalue weighted by molar-refractivity contribution is 0.306. The van der Waals surface area contributed by atoms with Gasteiger partial charge in [0.1, 0.15) is 12.4 Å². The predicted octanol–water partition coefficient (Wildman–Crippen LogP) is 4.17. The van der Waals surface area contributed by atoms with E-state index in [0.29, 0.717) is 13.0 Å². The Hall–Kier alpha value is -1.83. The molecule has 0 aliphatic carbocycles. The zero-order valence-corrected chi connectivity index (χ0v) is 10.3. The molecule has 0 N–H and O–H groups in total. The summed E-state index contributed by atoms with van der Waals surface area (Å²) in [5.41, 5.74) is 2.30. The Labute approximate surface area is 107 Å². The van der Waals surface area contributed by atoms with Crippen molar-refractivity contribution < 1.29 is 9.13 Å². The molecule has 0 unspecified atom stereocenters. The smallest absolute Gasteiger partial charge is 0.119 e. The molecule has 0 saturated carbocycles. The Bertz CT molecular complexity index is 450. The second-order valence-electron chi connectivity index (χ2n) is 4.21. The first kappa shape index (κ1) is 12.6. The molecule has 0 saturated heterocycles. The molecule has 0 aromatic heterocycles. The lowest BCUT2D eigenvalue weighted by atomic mass is 10.1. The number of benzene rings is 2. The van der Waals surface area contributed by atoms with E-state index in [-0.39, 0.29) is 6.67 Å². The number of rotatable bonds is 6. The molecule has 18 heavy (non-hydrogen) atoms. The maximum atomic E-state index is 12.0. The summed E-state index contributed by atoms with van der Waals surface area (Å²) in [6.45, 7) is 0.316. The average molecular weight is 244 g/mol. The first-order valence-electron chi connectivity index (χ1n) is 6.20. The summed E-state index contributed by atoms with van der Waals surface area (Å²) in [5, 5.41) is 0. The second kappa shape index (κ2) is 6.80. The summed E-state index contributed by atoms with van der Waals surface area (Å²) in [5.74, 6) is 0.850. The lowest BCUT2D eigenvalue weighted by Gasteiger charge is -2.07. The fraction of sp³-hybridized carbons (Fsp3) is 0.250. The van der Waals surface area contributed by atoms with E-state index < -0.39 is 0 Å². The zero-order valence-electron chi connectivity index (χ0n) is 10.3. The van der Waals surface area contributed by atoms with E-state index in [0.717, 1.165) is 23.3 Å². The Morgan fingerprint density at radius 3 is 2.22 bits per heavy atom. The largest absolute Gasteiger partial charge is 0.489 e. The van der Waals surface area contributed by atoms with E-state index in [9.17, 15) is 4.39 Å². The minimum absolute atomic E-state index is 0.258. The number of hydrogen-bond donors (Lipinski definition) is 0. The highest BCUT2D eigenvalue weighted by molar-refractivity contribution is 5.27. The summed E-state index contributed by atoms with van der Waals surface area (Å²) < 4.78 is 17.7. The molecule has 1 nitrogen and oxygen atoms in total. The van der Waals surface area contributed by atoms with Gasteiger partial charge in [-0.1, -0.05) is 42.5 Å². The molecule has 0 aliphatic rings. The third-order valence-corrected chi connectivity index (χ3v) is 2.77. The summed E-state index contributed by atoms with van der Waals surface area (Å²) in [7, 11) is 0. The molecule has 0 heterocycles. The van der Waals surface area contributed by atoms with Gasteiger partial charge in [-0.3, -0.25) is 4.39 Å². The van der Waals surface area contributed by atoms with Gasteiger partial charge >= 0.3 is 0 Å². The summed E-state index contributed by atoms with van der Waals surface area (Å²) >= 11 is 0. The Kier molecular flexibility index (Phi) is 4.77. The van der Waals surface area contributed by atoms with Gasteiger partial charge in [-0.05, 0) is 36.1 Å². The minimum Gasteiger partial charge on any atom is -0.489 e. The average Bonchev–Trinajstić information content (AvgIpc) is 2.45. The van der Waals surface area contributed by atoms with Crippen molar-refractivity contribution in [1.29, 1.82) is 0 Å². The van der Waals surface area contributed by atoms with E-state index >= 15 is 0 Å². The van der Waals surface area contributed by atoms with Gasteiger partial charge in [0.2, 0.25) is 0 Å². The normalized spacial score (nSPS) is 10.3. The molecule has 0 radical (unpaired) electrons. The third kappa shape index (κ3) is 3.88. The second-order valence-corrected chi connectivity index (χ2v) is 4.21. The van der Waals surface area contributed by atoms with Gasteiger partial charge in [0.15, 0.2) is 0 Å². The quantitative estimate of drug-likeness (QED) is 0.741. The fourth-order valence-electron chi connectivity index (χ4n) is 1.76. The maximum Gasteiger partial charge on any atom is 0.119 e. The van der Waals surface area contributed by atoms with Crippen LogP contribution in [0.15, 0.2) is 54.6 Å². The van der Waals surface area contributed by atoms with E-state index in [1.54, 1.807) is 0 Å². The Balaban J connectivity index is 1.86. The highest BCUT2D eigenvalue weighted by Crippen LogP contribution is 2.15. The van der Waals surface area contributed by atoms with Crippen LogP contribution in [0.2, 0.25) is 0 Å². The van der Waals surface area contributed by atoms with Gasteiger partial charge in [-0.2, -0.15) is 0 Å². The minimum atomic E-state index is -0.258. The predicted molar refractivity (Wildman–Crippen MR) is 71.5 cm³/mol. The molecule has 0 aliphatic heterocycles. The standard InChI is InChI=1S/C16H17FO/c17-12-4-7-14-8-10-16(11-9-14)18-13-15-5-2-1-3-6-15/h1-3,5-6,8-11H,4,7,12-13H2. The maximum absolute atomic E-state index is 12.0. The van der Waals surface area contributed by atoms with Crippen molar-refractivity contribution in [2.45, 2.75) is 19.4 Å². The van der Waals surface area contributed by atoms with E-state index in [1.165, 1.54) is 0 Å². The van der Waals surface area contributed by atoms with Crippen LogP contribution in [0.1, 0.15) is 17.5 Å². The van der Waals surface area contributed by atoms with E-state index in [4.69, 9.17) is 4.74 Å². The number of aryl methyl sites for hydroxylation is 1. The van der Waals surface area contributed by atoms with Gasteiger partial charge in [0.05, 0.1) is 6.67 Å². The highest BCUT2D eigenvalue weighted by Gasteiger charge is 1.97. The van der Waals surface area contributed by atoms with Gasteiger partial charge in [0, 0.05) is 0 Å². The number of hydrogen-bond acceptors (Lipinski definition) is 1. The monoisotopic (exact) mass is 244 g/mol. The molecule has 2 aromatic carbocycles. The number of ether oxygens (including phenoxy) is 1. The summed E-state index contributed by atoms with van der Waals surface area (Å²) in [6.07, 6.45) is 1.37. The van der Waals surface area contributed by atoms with Gasteiger partial charge in [-0.25, -0.2) is 0 Å². The summed E-state index contributed by atoms with van der Waals surface area (Å²) in [6, 6.07) is 17.9. The van der Waals surface area contributed by atoms with Crippen LogP contribution >= 0.6 is 0 Å². The van der Waals surface area contributed by atoms with E-state index in [2.05, 4.69) is 0 Å². The molecule has 0 fully saturated rings. The van der Waals surface area contributed by atoms with Crippen LogP contribution in [-0.4, -0.2) is 6.67 Å². The molecule has 2 heteroatoms. The van der Waals surface area contributed by atoms with Crippen LogP contribution in [0, 0.1) is 0 Å². The van der Waals surface area contributed by atoms with Crippen LogP contribution in [0.4, 0.5) is 4.39 Å². The van der Waals surface area contributed by atoms with Gasteiger partial charge in [-0.15, -0.1) is 0 Å². The third-order valence-electron chi connectivity index (χ3n) is 2.77. The van der Waals surface area contributed by atoms with Crippen LogP contribution in [-0.2, 0) is 13.0 Å². The first-order valence-corrected chi connectivity index (χ1v) is 6.20. The van der Waals surface area contributed by atoms with Crippen molar-refractivity contribution in [3.8, 4) is 5.75 Å². The topological polar surface area (TPSA) is 9.23 Å². The van der Waals surface area contributed by atoms with Crippen molar-refractivity contribution in [3.63, 3.8) is 0 Å². The number of alkyl halides is 1. The molecule has 0 amide bonds. The Morgan fingerprint density at radius 1 is 0.833 bits per heavy atom. The molecule has 2 aromatic rings. The van der Waals surface area contributed by atoms with Crippen LogP contribution in [0.25, 0.3) is 0 Å². The highest BCUT2D eigenvalue weighted by atomic mass is 19.1. The molecule has 0 bridgehead atoms. The fourth-order valence-corrected chi connectivity index (χ4v) is 1.76. The van der Waals surface area contributed by atoms with Crippen molar-refractivity contribution in [2.75, 3.05) is 6.67 Å². The molecule has 0 spiro atoms. The molecule has 94 valence electrons. The molecular formula is C16H17FO.